The van der Waals surface area contributed by atoms with Crippen molar-refractivity contribution >= 4 is 11.0 Å². The summed E-state index contributed by atoms with van der Waals surface area (Å²) < 4.78 is 24.2. The largest absolute Gasteiger partial charge is 0.487 e. The van der Waals surface area contributed by atoms with Crippen molar-refractivity contribution in [3.63, 3.8) is 0 Å². The minimum absolute atomic E-state index is 0.371. The Balaban J connectivity index is 1.35. The lowest BCUT2D eigenvalue weighted by atomic mass is 9.97. The van der Waals surface area contributed by atoms with Crippen LogP contribution in [-0.2, 0) is 15.9 Å². The molecule has 43 heavy (non-hydrogen) atoms. The van der Waals surface area contributed by atoms with Crippen LogP contribution in [0.25, 0.3) is 44.5 Å². The molecular weight excluding hydrogens is 540 g/mol. The van der Waals surface area contributed by atoms with Crippen LogP contribution in [0.2, 0.25) is 0 Å². The molecular formula is C35H40N4O4. The number of nitrogens with zero attached hydrogens (tertiary/aromatic N) is 2. The topological polar surface area (TPSA) is 94.3 Å². The maximum absolute atomic E-state index is 6.41. The van der Waals surface area contributed by atoms with Gasteiger partial charge >= 0.3 is 0 Å². The van der Waals surface area contributed by atoms with Crippen molar-refractivity contribution in [2.45, 2.75) is 40.0 Å². The first-order valence-electron chi connectivity index (χ1n) is 15.2. The summed E-state index contributed by atoms with van der Waals surface area (Å²) in [6.07, 6.45) is 2.67. The van der Waals surface area contributed by atoms with Crippen LogP contribution >= 0.6 is 0 Å². The maximum Gasteiger partial charge on any atom is 0.171 e. The maximum atomic E-state index is 6.41. The SMILES string of the molecule is CCc1ncc(-c2ccc(-c3ccc(-c4ccc5nc([C@H](C)C(C)C)[nH]c5c4)cc3)c3c2OCCOCCOCCO3)[nH]1. The van der Waals surface area contributed by atoms with Crippen molar-refractivity contribution < 1.29 is 18.9 Å². The summed E-state index contributed by atoms with van der Waals surface area (Å²) >= 11 is 0. The third-order valence-corrected chi connectivity index (χ3v) is 8.15. The minimum atomic E-state index is 0.371. The standard InChI is InChI=1S/C35H40N4O4/c1-5-32-36-21-31(37-32)28-12-11-27(33-34(28)43-19-17-41-15-14-40-16-18-42-33)25-8-6-24(7-9-25)26-10-13-29-30(20-26)39-35(38-29)23(4)22(2)3/h6-13,20-23H,5,14-19H2,1-4H3,(H,36,37)(H,38,39)/t23-/m1/s1. The molecule has 0 unspecified atom stereocenters. The number of aryl methyl sites for hydroxylation is 1. The second-order valence-corrected chi connectivity index (χ2v) is 11.3. The van der Waals surface area contributed by atoms with E-state index in [4.69, 9.17) is 23.9 Å². The number of fused-ring (bicyclic) bond motifs is 2. The predicted molar refractivity (Wildman–Crippen MR) is 170 cm³/mol. The Kier molecular flexibility index (Phi) is 8.77. The van der Waals surface area contributed by atoms with Gasteiger partial charge in [-0.3, -0.25) is 0 Å². The molecule has 0 saturated heterocycles. The number of aromatic amines is 2. The van der Waals surface area contributed by atoms with E-state index in [0.29, 0.717) is 63.0 Å². The van der Waals surface area contributed by atoms with Gasteiger partial charge in [0.1, 0.15) is 24.9 Å². The average Bonchev–Trinajstić information content (AvgIpc) is 3.68. The van der Waals surface area contributed by atoms with Gasteiger partial charge in [-0.15, -0.1) is 0 Å². The fourth-order valence-electron chi connectivity index (χ4n) is 5.28. The summed E-state index contributed by atoms with van der Waals surface area (Å²) in [7, 11) is 0. The van der Waals surface area contributed by atoms with Crippen LogP contribution in [0.15, 0.2) is 60.8 Å². The molecule has 8 nitrogen and oxygen atoms in total. The van der Waals surface area contributed by atoms with Gasteiger partial charge in [0.05, 0.1) is 49.4 Å². The quantitative estimate of drug-likeness (QED) is 0.217. The molecule has 1 aliphatic heterocycles. The Bertz CT molecular complexity index is 1670. The molecule has 2 aromatic heterocycles. The third kappa shape index (κ3) is 6.31. The van der Waals surface area contributed by atoms with Crippen LogP contribution in [0.5, 0.6) is 11.5 Å². The monoisotopic (exact) mass is 580 g/mol. The van der Waals surface area contributed by atoms with Crippen LogP contribution in [0.4, 0.5) is 0 Å². The molecule has 0 amide bonds. The molecule has 0 saturated carbocycles. The van der Waals surface area contributed by atoms with E-state index >= 15 is 0 Å². The van der Waals surface area contributed by atoms with Crippen LogP contribution in [-0.4, -0.2) is 59.6 Å². The van der Waals surface area contributed by atoms with Gasteiger partial charge in [-0.2, -0.15) is 0 Å². The van der Waals surface area contributed by atoms with E-state index in [1.807, 2.05) is 6.20 Å². The van der Waals surface area contributed by atoms with Crippen molar-refractivity contribution in [2.24, 2.45) is 5.92 Å². The first-order chi connectivity index (χ1) is 21.0. The summed E-state index contributed by atoms with van der Waals surface area (Å²) in [6, 6.07) is 19.2. The smallest absolute Gasteiger partial charge is 0.171 e. The van der Waals surface area contributed by atoms with Crippen molar-refractivity contribution in [3.05, 3.63) is 72.4 Å². The molecule has 1 atom stereocenters. The molecule has 0 bridgehead atoms. The number of benzene rings is 3. The Morgan fingerprint density at radius 2 is 1.35 bits per heavy atom. The zero-order chi connectivity index (χ0) is 29.8. The van der Waals surface area contributed by atoms with Gasteiger partial charge < -0.3 is 28.9 Å². The number of hydrogen-bond acceptors (Lipinski definition) is 6. The molecule has 224 valence electrons. The Hall–Kier alpha value is -4.14. The van der Waals surface area contributed by atoms with Crippen LogP contribution in [0.1, 0.15) is 45.3 Å². The number of nitrogens with one attached hydrogen (secondary N) is 2. The van der Waals surface area contributed by atoms with Gasteiger partial charge in [0, 0.05) is 23.5 Å². The fourth-order valence-corrected chi connectivity index (χ4v) is 5.28. The lowest BCUT2D eigenvalue weighted by molar-refractivity contribution is 0.0225. The molecule has 3 heterocycles. The minimum Gasteiger partial charge on any atom is -0.487 e. The number of imidazole rings is 2. The van der Waals surface area contributed by atoms with Gasteiger partial charge in [-0.25, -0.2) is 9.97 Å². The molecule has 6 rings (SSSR count). The fraction of sp³-hybridized carbons (Fsp3) is 0.371. The Labute approximate surface area is 252 Å². The molecule has 0 radical (unpaired) electrons. The molecule has 0 aliphatic carbocycles. The number of aromatic nitrogens is 4. The van der Waals surface area contributed by atoms with Gasteiger partial charge in [-0.1, -0.05) is 58.0 Å². The number of H-pyrrole nitrogens is 2. The summed E-state index contributed by atoms with van der Waals surface area (Å²) in [5.41, 5.74) is 8.11. The van der Waals surface area contributed by atoms with Gasteiger partial charge in [0.2, 0.25) is 0 Å². The molecule has 1 aliphatic rings. The van der Waals surface area contributed by atoms with E-state index in [-0.39, 0.29) is 0 Å². The number of hydrogen-bond donors (Lipinski definition) is 2. The highest BCUT2D eigenvalue weighted by Crippen LogP contribution is 2.45. The van der Waals surface area contributed by atoms with Crippen LogP contribution < -0.4 is 9.47 Å². The zero-order valence-corrected chi connectivity index (χ0v) is 25.4. The van der Waals surface area contributed by atoms with Crippen molar-refractivity contribution in [3.8, 4) is 45.0 Å². The average molecular weight is 581 g/mol. The van der Waals surface area contributed by atoms with E-state index < -0.39 is 0 Å². The van der Waals surface area contributed by atoms with E-state index in [9.17, 15) is 0 Å². The lowest BCUT2D eigenvalue weighted by Gasteiger charge is -2.20. The first-order valence-corrected chi connectivity index (χ1v) is 15.2. The molecule has 0 spiro atoms. The molecule has 5 aromatic rings. The molecule has 8 heteroatoms. The van der Waals surface area contributed by atoms with Crippen molar-refractivity contribution in [2.75, 3.05) is 39.6 Å². The van der Waals surface area contributed by atoms with Gasteiger partial charge in [-0.05, 0) is 46.9 Å². The second-order valence-electron chi connectivity index (χ2n) is 11.3. The van der Waals surface area contributed by atoms with E-state index in [1.165, 1.54) is 0 Å². The summed E-state index contributed by atoms with van der Waals surface area (Å²) in [4.78, 5) is 16.3. The first kappa shape index (κ1) is 29.0. The molecule has 3 aromatic carbocycles. The van der Waals surface area contributed by atoms with Crippen LogP contribution in [0.3, 0.4) is 0 Å². The van der Waals surface area contributed by atoms with Gasteiger partial charge in [0.25, 0.3) is 0 Å². The zero-order valence-electron chi connectivity index (χ0n) is 25.4. The van der Waals surface area contributed by atoms with E-state index in [1.54, 1.807) is 0 Å². The number of ether oxygens (including phenoxy) is 4. The van der Waals surface area contributed by atoms with Crippen LogP contribution in [0, 0.1) is 5.92 Å². The second kappa shape index (κ2) is 13.0. The normalized spacial score (nSPS) is 15.3. The highest BCUT2D eigenvalue weighted by atomic mass is 16.6. The summed E-state index contributed by atoms with van der Waals surface area (Å²) in [6.45, 7) is 11.5. The lowest BCUT2D eigenvalue weighted by Crippen LogP contribution is -2.16. The highest BCUT2D eigenvalue weighted by molar-refractivity contribution is 5.85. The van der Waals surface area contributed by atoms with E-state index in [0.717, 1.165) is 62.6 Å². The Morgan fingerprint density at radius 1 is 0.721 bits per heavy atom. The molecule has 2 N–H and O–H groups in total. The summed E-state index contributed by atoms with van der Waals surface area (Å²) in [5.74, 6) is 4.22. The molecule has 0 fully saturated rings. The summed E-state index contributed by atoms with van der Waals surface area (Å²) in [5, 5.41) is 0. The van der Waals surface area contributed by atoms with Crippen molar-refractivity contribution in [1.29, 1.82) is 0 Å². The Morgan fingerprint density at radius 3 is 2.02 bits per heavy atom. The third-order valence-electron chi connectivity index (χ3n) is 8.15. The number of rotatable bonds is 6. The van der Waals surface area contributed by atoms with Gasteiger partial charge in [0.15, 0.2) is 11.5 Å². The van der Waals surface area contributed by atoms with Crippen molar-refractivity contribution in [1.82, 2.24) is 19.9 Å². The predicted octanol–water partition coefficient (Wildman–Crippen LogP) is 7.41. The highest BCUT2D eigenvalue weighted by Gasteiger charge is 2.21. The van der Waals surface area contributed by atoms with E-state index in [2.05, 4.69) is 97.2 Å².